The summed E-state index contributed by atoms with van der Waals surface area (Å²) in [4.78, 5) is 37.2. The number of hydrogen-bond donors (Lipinski definition) is 1. The highest BCUT2D eigenvalue weighted by Gasteiger charge is 2.23. The number of rotatable bonds is 4. The molecule has 0 atom stereocenters. The van der Waals surface area contributed by atoms with Crippen molar-refractivity contribution in [2.24, 2.45) is 7.05 Å². The molecule has 142 valence electrons. The van der Waals surface area contributed by atoms with Crippen LogP contribution in [0.1, 0.15) is 23.0 Å². The second-order valence-corrected chi connectivity index (χ2v) is 6.70. The van der Waals surface area contributed by atoms with Crippen molar-refractivity contribution in [1.29, 1.82) is 0 Å². The highest BCUT2D eigenvalue weighted by molar-refractivity contribution is 6.01. The van der Waals surface area contributed by atoms with Crippen molar-refractivity contribution in [3.63, 3.8) is 0 Å². The van der Waals surface area contributed by atoms with Crippen LogP contribution in [0.3, 0.4) is 0 Å². The van der Waals surface area contributed by atoms with Crippen LogP contribution in [0, 0.1) is 0 Å². The Morgan fingerprint density at radius 3 is 2.50 bits per heavy atom. The molecule has 0 saturated carbocycles. The minimum absolute atomic E-state index is 0.0525. The average Bonchev–Trinajstić information content (AvgIpc) is 3.06. The Morgan fingerprint density at radius 1 is 1.07 bits per heavy atom. The van der Waals surface area contributed by atoms with E-state index < -0.39 is 17.2 Å². The predicted octanol–water partition coefficient (Wildman–Crippen LogP) is 2.42. The Morgan fingerprint density at radius 2 is 1.79 bits per heavy atom. The number of carbonyl (C=O) groups is 1. The standard InChI is InChI=1S/C21H19N3O4/c1-3-24-16-12-23(11-14-9-6-8-13-7-4-5-10-15(13)14)18(20(26)27)17(16)19(25)22(2)21(24)28/h4-10,12H,3,11H2,1-2H3,(H,26,27). The van der Waals surface area contributed by atoms with Gasteiger partial charge in [-0.3, -0.25) is 13.9 Å². The molecule has 2 heterocycles. The van der Waals surface area contributed by atoms with Crippen molar-refractivity contribution < 1.29 is 9.90 Å². The van der Waals surface area contributed by atoms with Crippen molar-refractivity contribution in [2.75, 3.05) is 0 Å². The van der Waals surface area contributed by atoms with E-state index >= 15 is 0 Å². The van der Waals surface area contributed by atoms with Crippen LogP contribution in [0.25, 0.3) is 21.7 Å². The third-order valence-electron chi connectivity index (χ3n) is 5.12. The third kappa shape index (κ3) is 2.55. The predicted molar refractivity (Wildman–Crippen MR) is 107 cm³/mol. The first-order valence-corrected chi connectivity index (χ1v) is 8.96. The number of benzene rings is 2. The molecular formula is C21H19N3O4. The highest BCUT2D eigenvalue weighted by Crippen LogP contribution is 2.23. The fraction of sp³-hybridized carbons (Fsp3) is 0.190. The Kier molecular flexibility index (Phi) is 4.15. The van der Waals surface area contributed by atoms with E-state index in [2.05, 4.69) is 0 Å². The lowest BCUT2D eigenvalue weighted by atomic mass is 10.0. The Hall–Kier alpha value is -3.61. The van der Waals surface area contributed by atoms with Gasteiger partial charge >= 0.3 is 11.7 Å². The van der Waals surface area contributed by atoms with Crippen LogP contribution >= 0.6 is 0 Å². The van der Waals surface area contributed by atoms with Crippen LogP contribution in [-0.2, 0) is 20.1 Å². The molecule has 2 aromatic heterocycles. The summed E-state index contributed by atoms with van der Waals surface area (Å²) in [5, 5.41) is 12.0. The summed E-state index contributed by atoms with van der Waals surface area (Å²) in [5.41, 5.74) is 0.111. The van der Waals surface area contributed by atoms with Crippen molar-refractivity contribution in [1.82, 2.24) is 13.7 Å². The van der Waals surface area contributed by atoms with E-state index in [4.69, 9.17) is 0 Å². The number of fused-ring (bicyclic) bond motifs is 2. The van der Waals surface area contributed by atoms with Gasteiger partial charge in [0.15, 0.2) is 0 Å². The van der Waals surface area contributed by atoms with Crippen LogP contribution < -0.4 is 11.2 Å². The summed E-state index contributed by atoms with van der Waals surface area (Å²) in [6, 6.07) is 13.7. The monoisotopic (exact) mass is 377 g/mol. The summed E-state index contributed by atoms with van der Waals surface area (Å²) in [6.07, 6.45) is 1.59. The first kappa shape index (κ1) is 17.8. The molecule has 0 fully saturated rings. The van der Waals surface area contributed by atoms with Gasteiger partial charge in [-0.25, -0.2) is 9.59 Å². The smallest absolute Gasteiger partial charge is 0.353 e. The molecule has 0 bridgehead atoms. The maximum absolute atomic E-state index is 12.7. The van der Waals surface area contributed by atoms with Gasteiger partial charge in [0.1, 0.15) is 5.69 Å². The van der Waals surface area contributed by atoms with Crippen molar-refractivity contribution in [3.8, 4) is 0 Å². The van der Waals surface area contributed by atoms with Crippen molar-refractivity contribution >= 4 is 27.6 Å². The molecule has 7 nitrogen and oxygen atoms in total. The van der Waals surface area contributed by atoms with Crippen LogP contribution in [0.4, 0.5) is 0 Å². The van der Waals surface area contributed by atoms with E-state index in [1.54, 1.807) is 17.7 Å². The minimum Gasteiger partial charge on any atom is -0.477 e. The zero-order chi connectivity index (χ0) is 20.0. The summed E-state index contributed by atoms with van der Waals surface area (Å²) in [5.74, 6) is -1.20. The lowest BCUT2D eigenvalue weighted by molar-refractivity contribution is 0.0688. The molecule has 0 unspecified atom stereocenters. The third-order valence-corrected chi connectivity index (χ3v) is 5.12. The van der Waals surface area contributed by atoms with Gasteiger partial charge in [-0.1, -0.05) is 42.5 Å². The highest BCUT2D eigenvalue weighted by atomic mass is 16.4. The fourth-order valence-electron chi connectivity index (χ4n) is 3.77. The van der Waals surface area contributed by atoms with Gasteiger partial charge in [0.05, 0.1) is 10.9 Å². The number of hydrogen-bond acceptors (Lipinski definition) is 3. The second-order valence-electron chi connectivity index (χ2n) is 6.70. The molecular weight excluding hydrogens is 358 g/mol. The van der Waals surface area contributed by atoms with E-state index in [1.165, 1.54) is 11.6 Å². The van der Waals surface area contributed by atoms with Gasteiger partial charge in [-0.2, -0.15) is 0 Å². The van der Waals surface area contributed by atoms with Gasteiger partial charge in [0.25, 0.3) is 5.56 Å². The van der Waals surface area contributed by atoms with E-state index in [-0.39, 0.29) is 17.6 Å². The maximum atomic E-state index is 12.7. The van der Waals surface area contributed by atoms with Crippen LogP contribution in [0.15, 0.2) is 58.3 Å². The molecule has 7 heteroatoms. The largest absolute Gasteiger partial charge is 0.477 e. The first-order valence-electron chi connectivity index (χ1n) is 8.96. The van der Waals surface area contributed by atoms with Crippen LogP contribution in [0.2, 0.25) is 0 Å². The van der Waals surface area contributed by atoms with E-state index in [0.29, 0.717) is 12.1 Å². The molecule has 1 N–H and O–H groups in total. The number of aromatic nitrogens is 3. The van der Waals surface area contributed by atoms with Crippen molar-refractivity contribution in [2.45, 2.75) is 20.0 Å². The molecule has 4 rings (SSSR count). The average molecular weight is 377 g/mol. The molecule has 0 amide bonds. The number of carboxylic acid groups (broad SMARTS) is 1. The fourth-order valence-corrected chi connectivity index (χ4v) is 3.77. The number of carboxylic acids is 1. The topological polar surface area (TPSA) is 86.2 Å². The first-order chi connectivity index (χ1) is 13.4. The zero-order valence-electron chi connectivity index (χ0n) is 15.5. The molecule has 0 spiro atoms. The lowest BCUT2D eigenvalue weighted by Crippen LogP contribution is -2.37. The Balaban J connectivity index is 2.03. The van der Waals surface area contributed by atoms with E-state index in [9.17, 15) is 19.5 Å². The van der Waals surface area contributed by atoms with Gasteiger partial charge in [-0.05, 0) is 23.3 Å². The van der Waals surface area contributed by atoms with Gasteiger partial charge in [0, 0.05) is 26.3 Å². The SMILES string of the molecule is CCn1c(=O)n(C)c(=O)c2c(C(=O)O)n(Cc3cccc4ccccc34)cc21. The van der Waals surface area contributed by atoms with Crippen molar-refractivity contribution in [3.05, 3.63) is 80.8 Å². The number of aromatic carboxylic acids is 1. The number of nitrogens with zero attached hydrogens (tertiary/aromatic N) is 3. The quantitative estimate of drug-likeness (QED) is 0.592. The lowest BCUT2D eigenvalue weighted by Gasteiger charge is -2.09. The summed E-state index contributed by atoms with van der Waals surface area (Å²) in [7, 11) is 1.37. The maximum Gasteiger partial charge on any atom is 0.353 e. The molecule has 0 aliphatic rings. The zero-order valence-corrected chi connectivity index (χ0v) is 15.5. The normalized spacial score (nSPS) is 11.4. The second kappa shape index (κ2) is 6.53. The van der Waals surface area contributed by atoms with E-state index in [0.717, 1.165) is 20.9 Å². The minimum atomic E-state index is -1.20. The number of aryl methyl sites for hydroxylation is 1. The summed E-state index contributed by atoms with van der Waals surface area (Å²) in [6.45, 7) is 2.40. The molecule has 0 saturated heterocycles. The van der Waals surface area contributed by atoms with Crippen LogP contribution in [0.5, 0.6) is 0 Å². The van der Waals surface area contributed by atoms with Gasteiger partial charge in [-0.15, -0.1) is 0 Å². The van der Waals surface area contributed by atoms with Crippen LogP contribution in [-0.4, -0.2) is 24.8 Å². The van der Waals surface area contributed by atoms with Gasteiger partial charge in [0.2, 0.25) is 0 Å². The molecule has 0 aliphatic carbocycles. The van der Waals surface area contributed by atoms with Gasteiger partial charge < -0.3 is 9.67 Å². The Labute approximate surface area is 159 Å². The molecule has 4 aromatic rings. The molecule has 0 aliphatic heterocycles. The molecule has 28 heavy (non-hydrogen) atoms. The van der Waals surface area contributed by atoms with E-state index in [1.807, 2.05) is 42.5 Å². The summed E-state index contributed by atoms with van der Waals surface area (Å²) >= 11 is 0. The molecule has 2 aromatic carbocycles. The molecule has 0 radical (unpaired) electrons. The summed E-state index contributed by atoms with van der Waals surface area (Å²) < 4.78 is 3.92. The Bertz CT molecular complexity index is 1350.